The number of nitrogens with zero attached hydrogens (tertiary/aromatic N) is 1. The molecule has 2 fully saturated rings. The van der Waals surface area contributed by atoms with Crippen LogP contribution in [0.1, 0.15) is 29.6 Å². The first-order valence-electron chi connectivity index (χ1n) is 7.77. The Balaban J connectivity index is 1.58. The lowest BCUT2D eigenvalue weighted by atomic mass is 10.1. The van der Waals surface area contributed by atoms with Crippen LogP contribution in [-0.2, 0) is 0 Å². The molecule has 1 aromatic rings. The van der Waals surface area contributed by atoms with E-state index in [1.807, 2.05) is 24.3 Å². The number of nitrogens with one attached hydrogen (secondary N) is 2. The fourth-order valence-corrected chi connectivity index (χ4v) is 3.45. The third kappa shape index (κ3) is 3.19. The predicted molar refractivity (Wildman–Crippen MR) is 82.5 cm³/mol. The number of fused-ring (bicyclic) bond motifs is 1. The number of aliphatic hydroxyl groups excluding tert-OH is 1. The minimum Gasteiger partial charge on any atom is -0.395 e. The predicted octanol–water partition coefficient (Wildman–Crippen LogP) is 1.06. The summed E-state index contributed by atoms with van der Waals surface area (Å²) >= 11 is 0. The standard InChI is InChI=1S/C16H23N3O2/c20-11-8-17-16(21)12-3-5-13(6-4-12)18-14-7-10-19-9-1-2-15(14)19/h3-6,14-15,18,20H,1-2,7-11H2,(H,17,21). The molecule has 3 rings (SSSR count). The van der Waals surface area contributed by atoms with Crippen molar-refractivity contribution in [3.63, 3.8) is 0 Å². The van der Waals surface area contributed by atoms with Gasteiger partial charge in [0.2, 0.25) is 0 Å². The van der Waals surface area contributed by atoms with Gasteiger partial charge in [-0.1, -0.05) is 0 Å². The van der Waals surface area contributed by atoms with E-state index < -0.39 is 0 Å². The lowest BCUT2D eigenvalue weighted by Crippen LogP contribution is -2.33. The summed E-state index contributed by atoms with van der Waals surface area (Å²) in [5.74, 6) is -0.140. The lowest BCUT2D eigenvalue weighted by molar-refractivity contribution is 0.0945. The van der Waals surface area contributed by atoms with Gasteiger partial charge in [-0.05, 0) is 50.1 Å². The molecule has 0 bridgehead atoms. The summed E-state index contributed by atoms with van der Waals surface area (Å²) in [5.41, 5.74) is 1.70. The molecule has 3 N–H and O–H groups in total. The Morgan fingerprint density at radius 3 is 2.81 bits per heavy atom. The Labute approximate surface area is 125 Å². The quantitative estimate of drug-likeness (QED) is 0.758. The van der Waals surface area contributed by atoms with Crippen LogP contribution in [0.15, 0.2) is 24.3 Å². The average Bonchev–Trinajstić information content (AvgIpc) is 3.10. The second kappa shape index (κ2) is 6.45. The van der Waals surface area contributed by atoms with Crippen LogP contribution in [0.3, 0.4) is 0 Å². The normalized spacial score (nSPS) is 24.8. The molecule has 0 aromatic heterocycles. The highest BCUT2D eigenvalue weighted by molar-refractivity contribution is 5.94. The summed E-state index contributed by atoms with van der Waals surface area (Å²) in [6.45, 7) is 2.69. The molecule has 2 atom stereocenters. The van der Waals surface area contributed by atoms with Crippen molar-refractivity contribution in [2.24, 2.45) is 0 Å². The second-order valence-electron chi connectivity index (χ2n) is 5.84. The molecule has 1 aromatic carbocycles. The van der Waals surface area contributed by atoms with Crippen molar-refractivity contribution >= 4 is 11.6 Å². The molecule has 5 heteroatoms. The van der Waals surface area contributed by atoms with Gasteiger partial charge < -0.3 is 15.7 Å². The summed E-state index contributed by atoms with van der Waals surface area (Å²) in [7, 11) is 0. The molecule has 5 nitrogen and oxygen atoms in total. The molecule has 2 unspecified atom stereocenters. The van der Waals surface area contributed by atoms with Crippen molar-refractivity contribution in [2.45, 2.75) is 31.3 Å². The summed E-state index contributed by atoms with van der Waals surface area (Å²) in [6, 6.07) is 8.79. The topological polar surface area (TPSA) is 64.6 Å². The van der Waals surface area contributed by atoms with E-state index >= 15 is 0 Å². The van der Waals surface area contributed by atoms with E-state index in [0.717, 1.165) is 5.69 Å². The first-order valence-corrected chi connectivity index (χ1v) is 7.77. The summed E-state index contributed by atoms with van der Waals surface area (Å²) < 4.78 is 0. The fourth-order valence-electron chi connectivity index (χ4n) is 3.45. The molecule has 0 aliphatic carbocycles. The van der Waals surface area contributed by atoms with Crippen molar-refractivity contribution in [3.05, 3.63) is 29.8 Å². The minimum absolute atomic E-state index is 0.0368. The van der Waals surface area contributed by atoms with Gasteiger partial charge in [0.05, 0.1) is 6.61 Å². The Bertz CT molecular complexity index is 489. The van der Waals surface area contributed by atoms with E-state index in [-0.39, 0.29) is 12.5 Å². The first kappa shape index (κ1) is 14.4. The third-order valence-corrected chi connectivity index (χ3v) is 4.50. The SMILES string of the molecule is O=C(NCCO)c1ccc(NC2CCN3CCCC23)cc1. The highest BCUT2D eigenvalue weighted by Crippen LogP contribution is 2.30. The number of aliphatic hydroxyl groups is 1. The number of rotatable bonds is 5. The minimum atomic E-state index is -0.140. The molecule has 2 aliphatic heterocycles. The number of carbonyl (C=O) groups excluding carboxylic acids is 1. The van der Waals surface area contributed by atoms with Crippen LogP contribution in [0.25, 0.3) is 0 Å². The molecule has 0 spiro atoms. The zero-order chi connectivity index (χ0) is 14.7. The molecule has 114 valence electrons. The maximum atomic E-state index is 11.8. The van der Waals surface area contributed by atoms with Crippen molar-refractivity contribution in [1.82, 2.24) is 10.2 Å². The number of hydrogen-bond acceptors (Lipinski definition) is 4. The van der Waals surface area contributed by atoms with Gasteiger partial charge >= 0.3 is 0 Å². The molecular formula is C16H23N3O2. The van der Waals surface area contributed by atoms with E-state index in [2.05, 4.69) is 15.5 Å². The van der Waals surface area contributed by atoms with Gasteiger partial charge in [-0.15, -0.1) is 0 Å². The van der Waals surface area contributed by atoms with Crippen molar-refractivity contribution < 1.29 is 9.90 Å². The van der Waals surface area contributed by atoms with Gasteiger partial charge in [-0.3, -0.25) is 9.69 Å². The van der Waals surface area contributed by atoms with Gasteiger partial charge in [0, 0.05) is 36.4 Å². The number of amides is 1. The Kier molecular flexibility index (Phi) is 4.41. The highest BCUT2D eigenvalue weighted by Gasteiger charge is 2.36. The maximum Gasteiger partial charge on any atom is 0.251 e. The van der Waals surface area contributed by atoms with Crippen molar-refractivity contribution in [2.75, 3.05) is 31.6 Å². The van der Waals surface area contributed by atoms with Crippen LogP contribution in [0.5, 0.6) is 0 Å². The summed E-state index contributed by atoms with van der Waals surface area (Å²) in [4.78, 5) is 14.3. The van der Waals surface area contributed by atoms with Crippen LogP contribution in [-0.4, -0.2) is 54.2 Å². The Hall–Kier alpha value is -1.59. The Morgan fingerprint density at radius 2 is 2.05 bits per heavy atom. The summed E-state index contributed by atoms with van der Waals surface area (Å²) in [6.07, 6.45) is 3.80. The van der Waals surface area contributed by atoms with Crippen LogP contribution in [0.4, 0.5) is 5.69 Å². The molecule has 1 amide bonds. The van der Waals surface area contributed by atoms with E-state index in [1.54, 1.807) is 0 Å². The van der Waals surface area contributed by atoms with Crippen LogP contribution in [0.2, 0.25) is 0 Å². The lowest BCUT2D eigenvalue weighted by Gasteiger charge is -2.22. The number of anilines is 1. The van der Waals surface area contributed by atoms with Crippen molar-refractivity contribution in [1.29, 1.82) is 0 Å². The molecule has 21 heavy (non-hydrogen) atoms. The van der Waals surface area contributed by atoms with E-state index in [1.165, 1.54) is 32.4 Å². The highest BCUT2D eigenvalue weighted by atomic mass is 16.3. The average molecular weight is 289 g/mol. The molecule has 2 heterocycles. The van der Waals surface area contributed by atoms with Gasteiger partial charge in [0.15, 0.2) is 0 Å². The van der Waals surface area contributed by atoms with Gasteiger partial charge in [0.1, 0.15) is 0 Å². The van der Waals surface area contributed by atoms with Crippen LogP contribution >= 0.6 is 0 Å². The molecule has 0 saturated carbocycles. The smallest absolute Gasteiger partial charge is 0.251 e. The second-order valence-corrected chi connectivity index (χ2v) is 5.84. The van der Waals surface area contributed by atoms with Gasteiger partial charge in [-0.25, -0.2) is 0 Å². The fraction of sp³-hybridized carbons (Fsp3) is 0.562. The largest absolute Gasteiger partial charge is 0.395 e. The zero-order valence-corrected chi connectivity index (χ0v) is 12.2. The molecular weight excluding hydrogens is 266 g/mol. The van der Waals surface area contributed by atoms with Crippen LogP contribution < -0.4 is 10.6 Å². The molecule has 2 aliphatic rings. The number of benzene rings is 1. The monoisotopic (exact) mass is 289 g/mol. The van der Waals surface area contributed by atoms with E-state index in [0.29, 0.717) is 24.2 Å². The zero-order valence-electron chi connectivity index (χ0n) is 12.2. The van der Waals surface area contributed by atoms with Gasteiger partial charge in [-0.2, -0.15) is 0 Å². The van der Waals surface area contributed by atoms with E-state index in [4.69, 9.17) is 5.11 Å². The number of carbonyl (C=O) groups is 1. The summed E-state index contributed by atoms with van der Waals surface area (Å²) in [5, 5.41) is 15.0. The third-order valence-electron chi connectivity index (χ3n) is 4.50. The molecule has 2 saturated heterocycles. The first-order chi connectivity index (χ1) is 10.3. The van der Waals surface area contributed by atoms with Crippen molar-refractivity contribution in [3.8, 4) is 0 Å². The Morgan fingerprint density at radius 1 is 1.24 bits per heavy atom. The van der Waals surface area contributed by atoms with Gasteiger partial charge in [0.25, 0.3) is 5.91 Å². The van der Waals surface area contributed by atoms with E-state index in [9.17, 15) is 4.79 Å². The maximum absolute atomic E-state index is 11.8. The van der Waals surface area contributed by atoms with Crippen LogP contribution in [0, 0.1) is 0 Å². The number of hydrogen-bond donors (Lipinski definition) is 3. The molecule has 0 radical (unpaired) electrons.